The van der Waals surface area contributed by atoms with Crippen LogP contribution in [0.1, 0.15) is 13.8 Å². The van der Waals surface area contributed by atoms with Crippen LogP contribution in [0.5, 0.6) is 17.2 Å². The second kappa shape index (κ2) is 8.82. The number of hydrogen-bond acceptors (Lipinski definition) is 6. The predicted molar refractivity (Wildman–Crippen MR) is 103 cm³/mol. The highest BCUT2D eigenvalue weighted by molar-refractivity contribution is 7.91. The van der Waals surface area contributed by atoms with Gasteiger partial charge in [0.1, 0.15) is 5.75 Å². The summed E-state index contributed by atoms with van der Waals surface area (Å²) in [6.07, 6.45) is -0.869. The van der Waals surface area contributed by atoms with Crippen LogP contribution in [0.2, 0.25) is 10.0 Å². The maximum atomic E-state index is 12.0. The van der Waals surface area contributed by atoms with Crippen LogP contribution < -0.4 is 9.47 Å². The minimum atomic E-state index is -3.39. The van der Waals surface area contributed by atoms with E-state index < -0.39 is 21.9 Å². The van der Waals surface area contributed by atoms with E-state index in [0.717, 1.165) is 0 Å². The molecule has 0 spiro atoms. The molecule has 2 aromatic rings. The fourth-order valence-electron chi connectivity index (χ4n) is 2.11. The second-order valence-corrected chi connectivity index (χ2v) is 8.59. The SMILES string of the molecule is CCS(=O)(=O)c1ccc(Oc2cc(Cl)ccc2O[C@@H](C)C(=O)OC)c(Cl)c1. The van der Waals surface area contributed by atoms with Gasteiger partial charge in [-0.05, 0) is 37.3 Å². The number of carbonyl (C=O) groups is 1. The number of hydrogen-bond donors (Lipinski definition) is 0. The minimum Gasteiger partial charge on any atom is -0.475 e. The van der Waals surface area contributed by atoms with Gasteiger partial charge in [0, 0.05) is 11.1 Å². The van der Waals surface area contributed by atoms with E-state index in [9.17, 15) is 13.2 Å². The zero-order valence-corrected chi connectivity index (χ0v) is 17.2. The Bertz CT molecular complexity index is 943. The molecule has 27 heavy (non-hydrogen) atoms. The second-order valence-electron chi connectivity index (χ2n) is 5.47. The number of carbonyl (C=O) groups excluding carboxylic acids is 1. The molecule has 0 N–H and O–H groups in total. The van der Waals surface area contributed by atoms with E-state index in [1.54, 1.807) is 19.1 Å². The van der Waals surface area contributed by atoms with Gasteiger partial charge in [-0.1, -0.05) is 30.1 Å². The summed E-state index contributed by atoms with van der Waals surface area (Å²) in [7, 11) is -2.13. The molecule has 0 bridgehead atoms. The third kappa shape index (κ3) is 5.28. The maximum absolute atomic E-state index is 12.0. The number of ether oxygens (including phenoxy) is 3. The normalized spacial score (nSPS) is 12.3. The summed E-state index contributed by atoms with van der Waals surface area (Å²) in [6, 6.07) is 8.78. The molecular formula is C18H18Cl2O6S. The number of sulfone groups is 1. The quantitative estimate of drug-likeness (QED) is 0.598. The number of rotatable bonds is 7. The number of methoxy groups -OCH3 is 1. The Hall–Kier alpha value is -1.96. The van der Waals surface area contributed by atoms with Gasteiger partial charge in [-0.3, -0.25) is 0 Å². The first-order valence-corrected chi connectivity index (χ1v) is 10.3. The van der Waals surface area contributed by atoms with Crippen molar-refractivity contribution in [3.05, 3.63) is 46.4 Å². The first-order valence-electron chi connectivity index (χ1n) is 7.92. The van der Waals surface area contributed by atoms with E-state index in [4.69, 9.17) is 32.7 Å². The largest absolute Gasteiger partial charge is 0.475 e. The monoisotopic (exact) mass is 432 g/mol. The summed E-state index contributed by atoms with van der Waals surface area (Å²) in [4.78, 5) is 11.7. The first kappa shape index (κ1) is 21.3. The summed E-state index contributed by atoms with van der Waals surface area (Å²) < 4.78 is 39.9. The fraction of sp³-hybridized carbons (Fsp3) is 0.278. The number of esters is 1. The van der Waals surface area contributed by atoms with Crippen molar-refractivity contribution in [2.75, 3.05) is 12.9 Å². The van der Waals surface area contributed by atoms with E-state index >= 15 is 0 Å². The maximum Gasteiger partial charge on any atom is 0.346 e. The van der Waals surface area contributed by atoms with Crippen LogP contribution in [-0.4, -0.2) is 33.4 Å². The van der Waals surface area contributed by atoms with Gasteiger partial charge in [0.15, 0.2) is 27.4 Å². The van der Waals surface area contributed by atoms with Crippen molar-refractivity contribution in [2.24, 2.45) is 0 Å². The Balaban J connectivity index is 2.34. The zero-order chi connectivity index (χ0) is 20.2. The Labute approximate surface area is 167 Å². The van der Waals surface area contributed by atoms with E-state index in [1.807, 2.05) is 0 Å². The summed E-state index contributed by atoms with van der Waals surface area (Å²) >= 11 is 12.2. The van der Waals surface area contributed by atoms with Crippen LogP contribution in [-0.2, 0) is 19.4 Å². The van der Waals surface area contributed by atoms with Crippen LogP contribution in [0.15, 0.2) is 41.3 Å². The Kier molecular flexibility index (Phi) is 6.97. The van der Waals surface area contributed by atoms with Gasteiger partial charge in [0.25, 0.3) is 0 Å². The lowest BCUT2D eigenvalue weighted by molar-refractivity contribution is -0.147. The van der Waals surface area contributed by atoms with Crippen molar-refractivity contribution in [2.45, 2.75) is 24.8 Å². The lowest BCUT2D eigenvalue weighted by Crippen LogP contribution is -2.25. The molecule has 0 aliphatic rings. The topological polar surface area (TPSA) is 78.9 Å². The van der Waals surface area contributed by atoms with Crippen molar-refractivity contribution in [3.8, 4) is 17.2 Å². The molecule has 0 aromatic heterocycles. The van der Waals surface area contributed by atoms with Gasteiger partial charge in [0.2, 0.25) is 0 Å². The van der Waals surface area contributed by atoms with Gasteiger partial charge in [-0.15, -0.1) is 0 Å². The van der Waals surface area contributed by atoms with Crippen molar-refractivity contribution in [1.29, 1.82) is 0 Å². The van der Waals surface area contributed by atoms with Gasteiger partial charge in [-0.2, -0.15) is 0 Å². The molecule has 0 saturated carbocycles. The summed E-state index contributed by atoms with van der Waals surface area (Å²) in [5, 5.41) is 0.487. The third-order valence-electron chi connectivity index (χ3n) is 3.61. The van der Waals surface area contributed by atoms with Crippen molar-refractivity contribution >= 4 is 39.0 Å². The van der Waals surface area contributed by atoms with E-state index in [2.05, 4.69) is 4.74 Å². The van der Waals surface area contributed by atoms with Crippen LogP contribution in [0.25, 0.3) is 0 Å². The molecule has 2 aromatic carbocycles. The van der Waals surface area contributed by atoms with Crippen LogP contribution >= 0.6 is 23.2 Å². The fourth-order valence-corrected chi connectivity index (χ4v) is 3.46. The van der Waals surface area contributed by atoms with Gasteiger partial charge < -0.3 is 14.2 Å². The van der Waals surface area contributed by atoms with Crippen molar-refractivity contribution in [3.63, 3.8) is 0 Å². The van der Waals surface area contributed by atoms with Crippen molar-refractivity contribution < 1.29 is 27.4 Å². The van der Waals surface area contributed by atoms with Crippen molar-refractivity contribution in [1.82, 2.24) is 0 Å². The summed E-state index contributed by atoms with van der Waals surface area (Å²) in [6.45, 7) is 3.08. The molecule has 2 rings (SSSR count). The average Bonchev–Trinajstić information content (AvgIpc) is 2.64. The number of benzene rings is 2. The molecule has 6 nitrogen and oxygen atoms in total. The highest BCUT2D eigenvalue weighted by Crippen LogP contribution is 2.38. The highest BCUT2D eigenvalue weighted by atomic mass is 35.5. The smallest absolute Gasteiger partial charge is 0.346 e. The molecule has 1 atom stereocenters. The standard InChI is InChI=1S/C18H18Cl2O6S/c1-4-27(22,23)13-6-8-15(14(20)10-13)26-17-9-12(19)5-7-16(17)25-11(2)18(21)24-3/h5-11H,4H2,1-3H3/t11-/m0/s1. The molecular weight excluding hydrogens is 415 g/mol. The predicted octanol–water partition coefficient (Wildman–Crippen LogP) is 4.52. The van der Waals surface area contributed by atoms with E-state index in [-0.39, 0.29) is 32.9 Å². The molecule has 0 saturated heterocycles. The van der Waals surface area contributed by atoms with Crippen LogP contribution in [0, 0.1) is 0 Å². The first-order chi connectivity index (χ1) is 12.7. The molecule has 0 heterocycles. The molecule has 0 fully saturated rings. The highest BCUT2D eigenvalue weighted by Gasteiger charge is 2.19. The van der Waals surface area contributed by atoms with E-state index in [0.29, 0.717) is 5.02 Å². The molecule has 0 aliphatic heterocycles. The van der Waals surface area contributed by atoms with Crippen LogP contribution in [0.4, 0.5) is 0 Å². The Morgan fingerprint density at radius 3 is 2.33 bits per heavy atom. The van der Waals surface area contributed by atoms with Gasteiger partial charge in [0.05, 0.1) is 22.8 Å². The molecule has 9 heteroatoms. The molecule has 0 unspecified atom stereocenters. The molecule has 0 aliphatic carbocycles. The Morgan fingerprint density at radius 1 is 1.07 bits per heavy atom. The lowest BCUT2D eigenvalue weighted by Gasteiger charge is -2.17. The molecule has 0 radical (unpaired) electrons. The molecule has 0 amide bonds. The average molecular weight is 433 g/mol. The minimum absolute atomic E-state index is 0.0404. The van der Waals surface area contributed by atoms with Crippen LogP contribution in [0.3, 0.4) is 0 Å². The summed E-state index contributed by atoms with van der Waals surface area (Å²) in [5.41, 5.74) is 0. The Morgan fingerprint density at radius 2 is 1.74 bits per heavy atom. The van der Waals surface area contributed by atoms with Gasteiger partial charge >= 0.3 is 5.97 Å². The lowest BCUT2D eigenvalue weighted by atomic mass is 10.3. The molecule has 146 valence electrons. The summed E-state index contributed by atoms with van der Waals surface area (Å²) in [5.74, 6) is 0.0822. The van der Waals surface area contributed by atoms with Gasteiger partial charge in [-0.25, -0.2) is 13.2 Å². The number of halogens is 2. The van der Waals surface area contributed by atoms with E-state index in [1.165, 1.54) is 38.3 Å². The third-order valence-corrected chi connectivity index (χ3v) is 5.87. The zero-order valence-electron chi connectivity index (χ0n) is 14.9.